The van der Waals surface area contributed by atoms with E-state index in [1.807, 2.05) is 20.8 Å². The van der Waals surface area contributed by atoms with Crippen LogP contribution in [-0.4, -0.2) is 31.2 Å². The van der Waals surface area contributed by atoms with Crippen LogP contribution < -0.4 is 5.32 Å². The highest BCUT2D eigenvalue weighted by atomic mass is 16.5. The smallest absolute Gasteiger partial charge is 0.326 e. The SMILES string of the molecule is CCOC(=O)C(C)(NCCCN=[N+]=[N-])C(C)C. The van der Waals surface area contributed by atoms with Crippen LogP contribution in [-0.2, 0) is 9.53 Å². The van der Waals surface area contributed by atoms with E-state index >= 15 is 0 Å². The molecule has 0 amide bonds. The van der Waals surface area contributed by atoms with Gasteiger partial charge in [-0.3, -0.25) is 4.79 Å². The zero-order valence-electron chi connectivity index (χ0n) is 11.1. The van der Waals surface area contributed by atoms with Gasteiger partial charge in [0.1, 0.15) is 5.54 Å². The molecule has 0 fully saturated rings. The van der Waals surface area contributed by atoms with Gasteiger partial charge in [-0.05, 0) is 38.3 Å². The van der Waals surface area contributed by atoms with E-state index in [-0.39, 0.29) is 11.9 Å². The molecule has 0 spiro atoms. The van der Waals surface area contributed by atoms with Crippen LogP contribution in [0.3, 0.4) is 0 Å². The van der Waals surface area contributed by atoms with Crippen molar-refractivity contribution in [2.24, 2.45) is 11.0 Å². The Kier molecular flexibility index (Phi) is 7.34. The van der Waals surface area contributed by atoms with Gasteiger partial charge in [0, 0.05) is 11.5 Å². The first-order valence-corrected chi connectivity index (χ1v) is 5.92. The van der Waals surface area contributed by atoms with Gasteiger partial charge in [-0.2, -0.15) is 0 Å². The highest BCUT2D eigenvalue weighted by Crippen LogP contribution is 2.18. The van der Waals surface area contributed by atoms with Crippen molar-refractivity contribution >= 4 is 5.97 Å². The lowest BCUT2D eigenvalue weighted by atomic mass is 9.88. The zero-order chi connectivity index (χ0) is 13.3. The number of hydrogen-bond donors (Lipinski definition) is 1. The molecule has 0 saturated heterocycles. The van der Waals surface area contributed by atoms with Gasteiger partial charge in [0.25, 0.3) is 0 Å². The van der Waals surface area contributed by atoms with E-state index in [4.69, 9.17) is 10.3 Å². The maximum atomic E-state index is 11.9. The molecule has 0 heterocycles. The van der Waals surface area contributed by atoms with Crippen LogP contribution in [0.5, 0.6) is 0 Å². The number of carbonyl (C=O) groups excluding carboxylic acids is 1. The molecule has 0 aliphatic heterocycles. The van der Waals surface area contributed by atoms with Crippen LogP contribution in [0, 0.1) is 5.92 Å². The lowest BCUT2D eigenvalue weighted by Gasteiger charge is -2.32. The Labute approximate surface area is 102 Å². The topological polar surface area (TPSA) is 87.1 Å². The molecule has 0 rings (SSSR count). The minimum atomic E-state index is -0.688. The molecule has 0 aromatic rings. The molecule has 0 bridgehead atoms. The maximum absolute atomic E-state index is 11.9. The fourth-order valence-electron chi connectivity index (χ4n) is 1.34. The van der Waals surface area contributed by atoms with Gasteiger partial charge < -0.3 is 10.1 Å². The third-order valence-electron chi connectivity index (χ3n) is 2.84. The molecule has 6 nitrogen and oxygen atoms in total. The molecule has 0 aliphatic carbocycles. The standard InChI is InChI=1S/C11H22N4O2/c1-5-17-10(16)11(4,9(2)3)13-7-6-8-14-15-12/h9,13H,5-8H2,1-4H3. The Morgan fingerprint density at radius 3 is 2.71 bits per heavy atom. The molecule has 6 heteroatoms. The summed E-state index contributed by atoms with van der Waals surface area (Å²) in [4.78, 5) is 14.5. The van der Waals surface area contributed by atoms with Crippen molar-refractivity contribution in [3.05, 3.63) is 10.4 Å². The van der Waals surface area contributed by atoms with Crippen molar-refractivity contribution in [2.75, 3.05) is 19.7 Å². The van der Waals surface area contributed by atoms with Gasteiger partial charge >= 0.3 is 5.97 Å². The van der Waals surface area contributed by atoms with E-state index < -0.39 is 5.54 Å². The number of nitrogens with one attached hydrogen (secondary N) is 1. The van der Waals surface area contributed by atoms with Crippen molar-refractivity contribution in [3.8, 4) is 0 Å². The normalized spacial score (nSPS) is 13.9. The molecule has 0 aromatic carbocycles. The molecule has 1 N–H and O–H groups in total. The van der Waals surface area contributed by atoms with E-state index in [1.165, 1.54) is 0 Å². The molecule has 17 heavy (non-hydrogen) atoms. The molecule has 98 valence electrons. The Bertz CT molecular complexity index is 287. The highest BCUT2D eigenvalue weighted by molar-refractivity contribution is 5.80. The number of nitrogens with zero attached hydrogens (tertiary/aromatic N) is 3. The fourth-order valence-corrected chi connectivity index (χ4v) is 1.34. The number of carbonyl (C=O) groups is 1. The van der Waals surface area contributed by atoms with E-state index in [1.54, 1.807) is 6.92 Å². The third kappa shape index (κ3) is 5.06. The molecule has 0 aromatic heterocycles. The summed E-state index contributed by atoms with van der Waals surface area (Å²) in [6, 6.07) is 0. The number of ether oxygens (including phenoxy) is 1. The molecule has 0 radical (unpaired) electrons. The number of hydrogen-bond acceptors (Lipinski definition) is 4. The minimum Gasteiger partial charge on any atom is -0.465 e. The summed E-state index contributed by atoms with van der Waals surface area (Å²) in [5, 5.41) is 6.62. The van der Waals surface area contributed by atoms with Gasteiger partial charge in [0.05, 0.1) is 6.61 Å². The van der Waals surface area contributed by atoms with E-state index in [2.05, 4.69) is 15.3 Å². The highest BCUT2D eigenvalue weighted by Gasteiger charge is 2.37. The molecular formula is C11H22N4O2. The lowest BCUT2D eigenvalue weighted by Crippen LogP contribution is -2.54. The second-order valence-corrected chi connectivity index (χ2v) is 4.31. The summed E-state index contributed by atoms with van der Waals surface area (Å²) in [5.41, 5.74) is 7.45. The van der Waals surface area contributed by atoms with E-state index in [9.17, 15) is 4.79 Å². The van der Waals surface area contributed by atoms with Gasteiger partial charge in [-0.1, -0.05) is 19.0 Å². The predicted molar refractivity (Wildman–Crippen MR) is 66.5 cm³/mol. The number of azide groups is 1. The summed E-state index contributed by atoms with van der Waals surface area (Å²) >= 11 is 0. The lowest BCUT2D eigenvalue weighted by molar-refractivity contribution is -0.152. The van der Waals surface area contributed by atoms with E-state index in [0.29, 0.717) is 26.1 Å². The Morgan fingerprint density at radius 2 is 2.24 bits per heavy atom. The first-order chi connectivity index (χ1) is 7.99. The Balaban J connectivity index is 4.31. The average Bonchev–Trinajstić information content (AvgIpc) is 2.28. The van der Waals surface area contributed by atoms with Crippen LogP contribution in [0.25, 0.3) is 10.4 Å². The molecular weight excluding hydrogens is 220 g/mol. The third-order valence-corrected chi connectivity index (χ3v) is 2.84. The van der Waals surface area contributed by atoms with Crippen molar-refractivity contribution in [3.63, 3.8) is 0 Å². The predicted octanol–water partition coefficient (Wildman–Crippen LogP) is 2.25. The summed E-state index contributed by atoms with van der Waals surface area (Å²) in [6.45, 7) is 8.99. The quantitative estimate of drug-likeness (QED) is 0.233. The first-order valence-electron chi connectivity index (χ1n) is 5.92. The van der Waals surface area contributed by atoms with Crippen LogP contribution >= 0.6 is 0 Å². The van der Waals surface area contributed by atoms with Gasteiger partial charge in [0.15, 0.2) is 0 Å². The number of rotatable bonds is 8. The van der Waals surface area contributed by atoms with E-state index in [0.717, 1.165) is 0 Å². The first kappa shape index (κ1) is 15.7. The second kappa shape index (κ2) is 7.92. The zero-order valence-corrected chi connectivity index (χ0v) is 11.1. The molecule has 1 atom stereocenters. The average molecular weight is 242 g/mol. The number of esters is 1. The molecule has 0 aliphatic rings. The Morgan fingerprint density at radius 1 is 1.59 bits per heavy atom. The van der Waals surface area contributed by atoms with Gasteiger partial charge in [-0.15, -0.1) is 0 Å². The summed E-state index contributed by atoms with van der Waals surface area (Å²) in [6.07, 6.45) is 0.700. The van der Waals surface area contributed by atoms with Gasteiger partial charge in [0.2, 0.25) is 0 Å². The summed E-state index contributed by atoms with van der Waals surface area (Å²) < 4.78 is 5.06. The van der Waals surface area contributed by atoms with Crippen molar-refractivity contribution in [1.82, 2.24) is 5.32 Å². The van der Waals surface area contributed by atoms with Crippen molar-refractivity contribution in [1.29, 1.82) is 0 Å². The van der Waals surface area contributed by atoms with Gasteiger partial charge in [-0.25, -0.2) is 0 Å². The largest absolute Gasteiger partial charge is 0.465 e. The van der Waals surface area contributed by atoms with Crippen LogP contribution in [0.15, 0.2) is 5.11 Å². The minimum absolute atomic E-state index is 0.126. The Hall–Kier alpha value is -1.26. The fraction of sp³-hybridized carbons (Fsp3) is 0.909. The molecule has 1 unspecified atom stereocenters. The second-order valence-electron chi connectivity index (χ2n) is 4.31. The van der Waals surface area contributed by atoms with Crippen LogP contribution in [0.4, 0.5) is 0 Å². The maximum Gasteiger partial charge on any atom is 0.326 e. The van der Waals surface area contributed by atoms with Crippen molar-refractivity contribution < 1.29 is 9.53 Å². The van der Waals surface area contributed by atoms with Crippen molar-refractivity contribution in [2.45, 2.75) is 39.7 Å². The monoisotopic (exact) mass is 242 g/mol. The summed E-state index contributed by atoms with van der Waals surface area (Å²) in [7, 11) is 0. The summed E-state index contributed by atoms with van der Waals surface area (Å²) in [5.74, 6) is -0.111. The molecule has 0 saturated carbocycles. The van der Waals surface area contributed by atoms with Crippen LogP contribution in [0.2, 0.25) is 0 Å². The van der Waals surface area contributed by atoms with Crippen LogP contribution in [0.1, 0.15) is 34.1 Å².